The Morgan fingerprint density at radius 1 is 0.714 bits per heavy atom. The highest BCUT2D eigenvalue weighted by atomic mass is 79.9. The Balaban J connectivity index is 1.50. The smallest absolute Gasteiger partial charge is 0.326 e. The minimum Gasteiger partial charge on any atom is -0.484 e. The van der Waals surface area contributed by atoms with Gasteiger partial charge in [0.1, 0.15) is 29.9 Å². The van der Waals surface area contributed by atoms with Crippen molar-refractivity contribution >= 4 is 56.9 Å². The number of rotatable bonds is 7. The molecule has 3 heterocycles. The average Bonchev–Trinajstić information content (AvgIpc) is 3.61. The molecular weight excluding hydrogens is 712 g/mol. The summed E-state index contributed by atoms with van der Waals surface area (Å²) in [7, 11) is 0. The summed E-state index contributed by atoms with van der Waals surface area (Å²) in [4.78, 5) is 67.9. The van der Waals surface area contributed by atoms with Gasteiger partial charge in [0.25, 0.3) is 5.91 Å². The third-order valence-corrected chi connectivity index (χ3v) is 9.31. The number of ether oxygens (including phenoxy) is 1. The first-order chi connectivity index (χ1) is 23.6. The van der Waals surface area contributed by atoms with E-state index in [9.17, 15) is 29.1 Å². The van der Waals surface area contributed by atoms with E-state index >= 15 is 0 Å². The molecule has 11 nitrogen and oxygen atoms in total. The van der Waals surface area contributed by atoms with Crippen LogP contribution in [0, 0.1) is 0 Å². The summed E-state index contributed by atoms with van der Waals surface area (Å²) in [6.07, 6.45) is 0.262. The quantitative estimate of drug-likeness (QED) is 0.182. The van der Waals surface area contributed by atoms with Gasteiger partial charge in [0.05, 0.1) is 0 Å². The lowest BCUT2D eigenvalue weighted by atomic mass is 10.0. The van der Waals surface area contributed by atoms with Crippen molar-refractivity contribution in [3.05, 3.63) is 122 Å². The van der Waals surface area contributed by atoms with Gasteiger partial charge in [-0.3, -0.25) is 19.2 Å². The standard InChI is InChI=1S/C36H35BrN4O7S/c37-25-12-8-23(9-13-25)18-29-33(43)39-28(17-22-5-2-1-3-6-22)34(44)41-31(36(46)47)19-24-10-14-26(15-11-24)48-21-32(42)38-30(35(45)40-29)20-27-7-4-16-49-27/h1-16,28-31H,17-21H2,(H,38,42)(H,39,43)(H,40,45)(H,41,44)(H,46,47)/t28-,29+,30-,31-/m0/s1. The molecule has 0 saturated carbocycles. The number of carbonyl (C=O) groups is 5. The van der Waals surface area contributed by atoms with Crippen molar-refractivity contribution in [2.75, 3.05) is 6.61 Å². The number of carboxylic acid groups (broad SMARTS) is 1. The molecule has 4 amide bonds. The Morgan fingerprint density at radius 2 is 1.31 bits per heavy atom. The summed E-state index contributed by atoms with van der Waals surface area (Å²) >= 11 is 4.84. The van der Waals surface area contributed by atoms with Crippen molar-refractivity contribution in [3.8, 4) is 5.75 Å². The van der Waals surface area contributed by atoms with Gasteiger partial charge in [-0.05, 0) is 52.4 Å². The lowest BCUT2D eigenvalue weighted by Crippen LogP contribution is -2.59. The van der Waals surface area contributed by atoms with Gasteiger partial charge in [-0.15, -0.1) is 11.3 Å². The zero-order valence-corrected chi connectivity index (χ0v) is 28.7. The van der Waals surface area contributed by atoms with Crippen LogP contribution in [-0.4, -0.2) is 65.5 Å². The van der Waals surface area contributed by atoms with Crippen LogP contribution in [0.4, 0.5) is 0 Å². The van der Waals surface area contributed by atoms with Gasteiger partial charge < -0.3 is 31.1 Å². The van der Waals surface area contributed by atoms with Crippen molar-refractivity contribution in [1.82, 2.24) is 21.3 Å². The molecule has 254 valence electrons. The molecular formula is C36H35BrN4O7S. The molecule has 0 aliphatic carbocycles. The monoisotopic (exact) mass is 746 g/mol. The number of thiophene rings is 1. The molecule has 1 aromatic heterocycles. The fourth-order valence-electron chi connectivity index (χ4n) is 5.32. The minimum atomic E-state index is -1.31. The lowest BCUT2D eigenvalue weighted by molar-refractivity contribution is -0.142. The third-order valence-electron chi connectivity index (χ3n) is 7.89. The number of halogens is 1. The summed E-state index contributed by atoms with van der Waals surface area (Å²) in [6, 6.07) is 21.7. The highest BCUT2D eigenvalue weighted by Gasteiger charge is 2.32. The van der Waals surface area contributed by atoms with Crippen LogP contribution in [0.5, 0.6) is 5.75 Å². The molecule has 0 radical (unpaired) electrons. The summed E-state index contributed by atoms with van der Waals surface area (Å²) in [6.45, 7) is -0.384. The highest BCUT2D eigenvalue weighted by Crippen LogP contribution is 2.17. The Hall–Kier alpha value is -5.01. The van der Waals surface area contributed by atoms with Crippen LogP contribution in [0.15, 0.2) is 101 Å². The second-order valence-corrected chi connectivity index (χ2v) is 13.5. The molecule has 3 aromatic carbocycles. The molecule has 0 unspecified atom stereocenters. The maximum atomic E-state index is 14.1. The Bertz CT molecular complexity index is 1750. The summed E-state index contributed by atoms with van der Waals surface area (Å²) in [5, 5.41) is 22.8. The molecule has 5 N–H and O–H groups in total. The first-order valence-electron chi connectivity index (χ1n) is 15.6. The summed E-state index contributed by atoms with van der Waals surface area (Å²) < 4.78 is 6.48. The number of aliphatic carboxylic acids is 1. The first-order valence-corrected chi connectivity index (χ1v) is 17.3. The second kappa shape index (κ2) is 16.9. The van der Waals surface area contributed by atoms with Crippen LogP contribution in [0.3, 0.4) is 0 Å². The van der Waals surface area contributed by atoms with Gasteiger partial charge in [0.2, 0.25) is 17.7 Å². The van der Waals surface area contributed by atoms with E-state index in [2.05, 4.69) is 37.2 Å². The maximum Gasteiger partial charge on any atom is 0.326 e. The van der Waals surface area contributed by atoms with Crippen molar-refractivity contribution in [3.63, 3.8) is 0 Å². The van der Waals surface area contributed by atoms with Crippen LogP contribution < -0.4 is 26.0 Å². The van der Waals surface area contributed by atoms with E-state index in [1.54, 1.807) is 60.7 Å². The van der Waals surface area contributed by atoms with E-state index in [-0.39, 0.29) is 32.3 Å². The van der Waals surface area contributed by atoms with Gasteiger partial charge in [-0.25, -0.2) is 4.79 Å². The fourth-order valence-corrected chi connectivity index (χ4v) is 6.34. The number of hydrogen-bond donors (Lipinski definition) is 5. The number of nitrogens with one attached hydrogen (secondary N) is 4. The number of carboxylic acids is 1. The van der Waals surface area contributed by atoms with Gasteiger partial charge in [-0.2, -0.15) is 0 Å². The van der Waals surface area contributed by atoms with Gasteiger partial charge in [0.15, 0.2) is 6.61 Å². The van der Waals surface area contributed by atoms with E-state index in [1.807, 2.05) is 35.7 Å². The van der Waals surface area contributed by atoms with Crippen molar-refractivity contribution < 1.29 is 33.8 Å². The SMILES string of the molecule is O=C1COc2ccc(cc2)C[C@@H](C(=O)O)NC(=O)[C@H](Cc2ccccc2)NC(=O)[C@@H](Cc2ccc(Br)cc2)NC(=O)[C@H](Cc2cccs2)N1. The molecule has 2 aliphatic heterocycles. The predicted molar refractivity (Wildman–Crippen MR) is 187 cm³/mol. The van der Waals surface area contributed by atoms with E-state index in [0.717, 1.165) is 20.5 Å². The first kappa shape index (κ1) is 35.3. The van der Waals surface area contributed by atoms with Crippen LogP contribution >= 0.6 is 27.3 Å². The maximum absolute atomic E-state index is 14.1. The van der Waals surface area contributed by atoms with Crippen molar-refractivity contribution in [2.24, 2.45) is 0 Å². The predicted octanol–water partition coefficient (Wildman–Crippen LogP) is 3.20. The summed E-state index contributed by atoms with van der Waals surface area (Å²) in [5.41, 5.74) is 2.07. The van der Waals surface area contributed by atoms with Crippen LogP contribution in [0.25, 0.3) is 0 Å². The van der Waals surface area contributed by atoms with E-state index in [0.29, 0.717) is 11.3 Å². The number of carbonyl (C=O) groups excluding carboxylic acids is 4. The topological polar surface area (TPSA) is 163 Å². The average molecular weight is 748 g/mol. The largest absolute Gasteiger partial charge is 0.484 e. The van der Waals surface area contributed by atoms with Gasteiger partial charge >= 0.3 is 5.97 Å². The zero-order chi connectivity index (χ0) is 34.8. The lowest BCUT2D eigenvalue weighted by Gasteiger charge is -2.26. The zero-order valence-electron chi connectivity index (χ0n) is 26.3. The molecule has 13 heteroatoms. The van der Waals surface area contributed by atoms with Crippen molar-refractivity contribution in [1.29, 1.82) is 0 Å². The van der Waals surface area contributed by atoms with Gasteiger partial charge in [0, 0.05) is 35.0 Å². The molecule has 2 bridgehead atoms. The van der Waals surface area contributed by atoms with Crippen LogP contribution in [0.1, 0.15) is 21.6 Å². The molecule has 6 rings (SSSR count). The molecule has 49 heavy (non-hydrogen) atoms. The Morgan fingerprint density at radius 3 is 1.90 bits per heavy atom. The molecule has 4 aromatic rings. The van der Waals surface area contributed by atoms with E-state index in [1.165, 1.54) is 11.3 Å². The van der Waals surface area contributed by atoms with Crippen molar-refractivity contribution in [2.45, 2.75) is 49.9 Å². The highest BCUT2D eigenvalue weighted by molar-refractivity contribution is 9.10. The Labute approximate surface area is 295 Å². The van der Waals surface area contributed by atoms with Crippen LogP contribution in [0.2, 0.25) is 0 Å². The second-order valence-electron chi connectivity index (χ2n) is 11.6. The minimum absolute atomic E-state index is 0.0412. The number of hydrogen-bond acceptors (Lipinski definition) is 7. The van der Waals surface area contributed by atoms with E-state index in [4.69, 9.17) is 4.74 Å². The number of benzene rings is 3. The molecule has 0 fully saturated rings. The van der Waals surface area contributed by atoms with E-state index < -0.39 is 53.8 Å². The third kappa shape index (κ3) is 10.5. The fraction of sp³-hybridized carbons (Fsp3) is 0.250. The van der Waals surface area contributed by atoms with Crippen LogP contribution in [-0.2, 0) is 49.7 Å². The number of amides is 4. The van der Waals surface area contributed by atoms with Gasteiger partial charge in [-0.1, -0.05) is 76.6 Å². The molecule has 2 aliphatic rings. The molecule has 0 spiro atoms. The number of fused-ring (bicyclic) bond motifs is 16. The summed E-state index contributed by atoms with van der Waals surface area (Å²) in [5.74, 6) is -3.39. The normalized spacial score (nSPS) is 20.8. The molecule has 4 atom stereocenters. The Kier molecular flexibility index (Phi) is 12.2. The molecule has 0 saturated heterocycles.